The maximum absolute atomic E-state index is 4.34. The predicted octanol–water partition coefficient (Wildman–Crippen LogP) is 2.60. The molecular formula is C13H25N3S. The lowest BCUT2D eigenvalue weighted by Gasteiger charge is -2.33. The zero-order chi connectivity index (χ0) is 12.7. The molecule has 0 aliphatic rings. The van der Waals surface area contributed by atoms with Crippen molar-refractivity contribution >= 4 is 11.3 Å². The molecule has 1 N–H and O–H groups in total. The smallest absolute Gasteiger partial charge is 0.0795 e. The standard InChI is InChI=1S/C13H25N3S/c1-5-13(3,9-14-6-2)10-16(4)7-12-8-17-11-15-12/h8,11,14H,5-7,9-10H2,1-4H3. The van der Waals surface area contributed by atoms with Gasteiger partial charge in [-0.3, -0.25) is 4.90 Å². The van der Waals surface area contributed by atoms with Gasteiger partial charge in [0.15, 0.2) is 0 Å². The van der Waals surface area contributed by atoms with Crippen LogP contribution in [0.25, 0.3) is 0 Å². The van der Waals surface area contributed by atoms with Gasteiger partial charge in [0.1, 0.15) is 0 Å². The molecule has 0 aliphatic heterocycles. The van der Waals surface area contributed by atoms with Crippen molar-refractivity contribution in [1.29, 1.82) is 0 Å². The minimum absolute atomic E-state index is 0.348. The highest BCUT2D eigenvalue weighted by atomic mass is 32.1. The second-order valence-electron chi connectivity index (χ2n) is 5.10. The minimum Gasteiger partial charge on any atom is -0.316 e. The van der Waals surface area contributed by atoms with E-state index < -0.39 is 0 Å². The Hall–Kier alpha value is -0.450. The lowest BCUT2D eigenvalue weighted by atomic mass is 9.87. The maximum atomic E-state index is 4.34. The average molecular weight is 255 g/mol. The van der Waals surface area contributed by atoms with E-state index in [1.165, 1.54) is 12.1 Å². The number of nitrogens with one attached hydrogen (secondary N) is 1. The summed E-state index contributed by atoms with van der Waals surface area (Å²) in [6.45, 7) is 11.0. The van der Waals surface area contributed by atoms with Crippen LogP contribution in [0.15, 0.2) is 10.9 Å². The fraction of sp³-hybridized carbons (Fsp3) is 0.769. The normalized spacial score (nSPS) is 15.1. The van der Waals surface area contributed by atoms with Crippen LogP contribution in [-0.4, -0.2) is 36.6 Å². The van der Waals surface area contributed by atoms with E-state index in [0.29, 0.717) is 5.41 Å². The van der Waals surface area contributed by atoms with E-state index in [0.717, 1.165) is 26.2 Å². The van der Waals surface area contributed by atoms with Crippen molar-refractivity contribution in [1.82, 2.24) is 15.2 Å². The first kappa shape index (κ1) is 14.6. The first-order valence-electron chi connectivity index (χ1n) is 6.36. The molecule has 0 fully saturated rings. The van der Waals surface area contributed by atoms with Gasteiger partial charge in [-0.2, -0.15) is 0 Å². The van der Waals surface area contributed by atoms with Crippen LogP contribution in [0, 0.1) is 5.41 Å². The van der Waals surface area contributed by atoms with Crippen molar-refractivity contribution in [2.75, 3.05) is 26.7 Å². The largest absolute Gasteiger partial charge is 0.316 e. The molecule has 0 saturated carbocycles. The van der Waals surface area contributed by atoms with Crippen LogP contribution in [0.4, 0.5) is 0 Å². The fourth-order valence-electron chi connectivity index (χ4n) is 2.02. The molecule has 3 nitrogen and oxygen atoms in total. The van der Waals surface area contributed by atoms with Gasteiger partial charge in [-0.05, 0) is 25.4 Å². The van der Waals surface area contributed by atoms with Crippen LogP contribution in [0.5, 0.6) is 0 Å². The van der Waals surface area contributed by atoms with Crippen molar-refractivity contribution in [3.63, 3.8) is 0 Å². The molecule has 0 aliphatic carbocycles. The molecule has 17 heavy (non-hydrogen) atoms. The molecule has 0 radical (unpaired) electrons. The highest BCUT2D eigenvalue weighted by Crippen LogP contribution is 2.21. The minimum atomic E-state index is 0.348. The maximum Gasteiger partial charge on any atom is 0.0795 e. The molecule has 0 bridgehead atoms. The molecular weight excluding hydrogens is 230 g/mol. The van der Waals surface area contributed by atoms with Gasteiger partial charge in [0.2, 0.25) is 0 Å². The van der Waals surface area contributed by atoms with Crippen molar-refractivity contribution in [3.8, 4) is 0 Å². The van der Waals surface area contributed by atoms with Crippen LogP contribution in [-0.2, 0) is 6.54 Å². The molecule has 0 saturated heterocycles. The molecule has 98 valence electrons. The highest BCUT2D eigenvalue weighted by molar-refractivity contribution is 7.07. The Kier molecular flexibility index (Phi) is 6.09. The summed E-state index contributed by atoms with van der Waals surface area (Å²) in [5.74, 6) is 0. The van der Waals surface area contributed by atoms with Crippen LogP contribution in [0.3, 0.4) is 0 Å². The summed E-state index contributed by atoms with van der Waals surface area (Å²) in [5, 5.41) is 5.59. The second-order valence-corrected chi connectivity index (χ2v) is 5.82. The van der Waals surface area contributed by atoms with E-state index in [1.54, 1.807) is 11.3 Å². The molecule has 4 heteroatoms. The molecule has 1 rings (SSSR count). The van der Waals surface area contributed by atoms with Crippen LogP contribution < -0.4 is 5.32 Å². The van der Waals surface area contributed by atoms with Gasteiger partial charge in [-0.1, -0.05) is 20.8 Å². The number of hydrogen-bond donors (Lipinski definition) is 1. The van der Waals surface area contributed by atoms with E-state index in [4.69, 9.17) is 0 Å². The molecule has 0 aromatic carbocycles. The number of aromatic nitrogens is 1. The third-order valence-electron chi connectivity index (χ3n) is 3.22. The van der Waals surface area contributed by atoms with E-state index in [9.17, 15) is 0 Å². The van der Waals surface area contributed by atoms with Gasteiger partial charge in [0.25, 0.3) is 0 Å². The summed E-state index contributed by atoms with van der Waals surface area (Å²) in [7, 11) is 2.18. The van der Waals surface area contributed by atoms with Gasteiger partial charge in [0.05, 0.1) is 11.2 Å². The van der Waals surface area contributed by atoms with E-state index in [2.05, 4.69) is 48.4 Å². The molecule has 1 unspecified atom stereocenters. The average Bonchev–Trinajstić information content (AvgIpc) is 2.79. The molecule has 0 spiro atoms. The third kappa shape index (κ3) is 5.15. The molecule has 1 aromatic rings. The van der Waals surface area contributed by atoms with Gasteiger partial charge in [0, 0.05) is 25.0 Å². The van der Waals surface area contributed by atoms with Crippen molar-refractivity contribution in [3.05, 3.63) is 16.6 Å². The van der Waals surface area contributed by atoms with Crippen LogP contribution >= 0.6 is 11.3 Å². The molecule has 1 atom stereocenters. The highest BCUT2D eigenvalue weighted by Gasteiger charge is 2.23. The number of nitrogens with zero attached hydrogens (tertiary/aromatic N) is 2. The van der Waals surface area contributed by atoms with E-state index in [1.807, 2.05) is 5.51 Å². The predicted molar refractivity (Wildman–Crippen MR) is 75.4 cm³/mol. The molecule has 1 heterocycles. The van der Waals surface area contributed by atoms with Gasteiger partial charge >= 0.3 is 0 Å². The Labute approximate surface area is 109 Å². The zero-order valence-electron chi connectivity index (χ0n) is 11.5. The number of hydrogen-bond acceptors (Lipinski definition) is 4. The summed E-state index contributed by atoms with van der Waals surface area (Å²) >= 11 is 1.67. The topological polar surface area (TPSA) is 28.2 Å². The van der Waals surface area contributed by atoms with Gasteiger partial charge in [-0.15, -0.1) is 11.3 Å². The summed E-state index contributed by atoms with van der Waals surface area (Å²) < 4.78 is 0. The van der Waals surface area contributed by atoms with Gasteiger partial charge in [-0.25, -0.2) is 4.98 Å². The summed E-state index contributed by atoms with van der Waals surface area (Å²) in [6, 6.07) is 0. The molecule has 0 amide bonds. The van der Waals surface area contributed by atoms with Crippen LogP contribution in [0.2, 0.25) is 0 Å². The first-order chi connectivity index (χ1) is 8.09. The zero-order valence-corrected chi connectivity index (χ0v) is 12.3. The number of thiazole rings is 1. The van der Waals surface area contributed by atoms with Crippen molar-refractivity contribution < 1.29 is 0 Å². The lowest BCUT2D eigenvalue weighted by Crippen LogP contribution is -2.40. The quantitative estimate of drug-likeness (QED) is 0.774. The SMILES string of the molecule is CCNCC(C)(CC)CN(C)Cc1cscn1. The summed E-state index contributed by atoms with van der Waals surface area (Å²) in [4.78, 5) is 6.71. The molecule has 1 aromatic heterocycles. The van der Waals surface area contributed by atoms with Crippen molar-refractivity contribution in [2.24, 2.45) is 5.41 Å². The van der Waals surface area contributed by atoms with Crippen molar-refractivity contribution in [2.45, 2.75) is 33.7 Å². The second kappa shape index (κ2) is 7.09. The van der Waals surface area contributed by atoms with E-state index in [-0.39, 0.29) is 0 Å². The summed E-state index contributed by atoms with van der Waals surface area (Å²) in [5.41, 5.74) is 3.43. The fourth-order valence-corrected chi connectivity index (χ4v) is 2.57. The van der Waals surface area contributed by atoms with E-state index >= 15 is 0 Å². The summed E-state index contributed by atoms with van der Waals surface area (Å²) in [6.07, 6.45) is 1.20. The van der Waals surface area contributed by atoms with Gasteiger partial charge < -0.3 is 5.32 Å². The third-order valence-corrected chi connectivity index (χ3v) is 3.86. The first-order valence-corrected chi connectivity index (χ1v) is 7.30. The van der Waals surface area contributed by atoms with Crippen LogP contribution in [0.1, 0.15) is 32.9 Å². The lowest BCUT2D eigenvalue weighted by molar-refractivity contribution is 0.175. The monoisotopic (exact) mass is 255 g/mol. The Balaban J connectivity index is 2.43. The Morgan fingerprint density at radius 2 is 2.24 bits per heavy atom. The Morgan fingerprint density at radius 3 is 2.76 bits per heavy atom. The Bertz CT molecular complexity index is 300. The Morgan fingerprint density at radius 1 is 1.47 bits per heavy atom. The number of rotatable bonds is 8.